The maximum atomic E-state index is 9.40. The monoisotopic (exact) mass is 400 g/mol. The summed E-state index contributed by atoms with van der Waals surface area (Å²) < 4.78 is 6.76. The van der Waals surface area contributed by atoms with E-state index in [1.165, 1.54) is 51.4 Å². The minimum absolute atomic E-state index is 0.311. The van der Waals surface area contributed by atoms with Crippen molar-refractivity contribution in [3.63, 3.8) is 0 Å². The van der Waals surface area contributed by atoms with Crippen molar-refractivity contribution in [2.45, 2.75) is 104 Å². The van der Waals surface area contributed by atoms with Gasteiger partial charge in [0.25, 0.3) is 0 Å². The minimum Gasteiger partial charge on any atom is -0.396 e. The molecular weight excluding hydrogens is 356 g/mol. The maximum absolute atomic E-state index is 9.40. The zero-order valence-corrected chi connectivity index (χ0v) is 19.3. The summed E-state index contributed by atoms with van der Waals surface area (Å²) in [6.45, 7) is 10.2. The first-order chi connectivity index (χ1) is 13.9. The summed E-state index contributed by atoms with van der Waals surface area (Å²) in [5, 5.41) is 9.40. The average Bonchev–Trinajstić information content (AvgIpc) is 3.19. The number of ether oxygens (including phenoxy) is 1. The second-order valence-electron chi connectivity index (χ2n) is 12.2. The molecule has 5 rings (SSSR count). The molecule has 1 aliphatic heterocycles. The van der Waals surface area contributed by atoms with E-state index in [-0.39, 0.29) is 0 Å². The van der Waals surface area contributed by atoms with Crippen molar-refractivity contribution < 1.29 is 9.84 Å². The van der Waals surface area contributed by atoms with Gasteiger partial charge in [-0.15, -0.1) is 0 Å². The van der Waals surface area contributed by atoms with Crippen LogP contribution in [0.4, 0.5) is 0 Å². The Morgan fingerprint density at radius 2 is 2.03 bits per heavy atom. The Morgan fingerprint density at radius 1 is 1.21 bits per heavy atom. The number of aliphatic hydroxyl groups is 1. The van der Waals surface area contributed by atoms with Gasteiger partial charge in [0, 0.05) is 6.61 Å². The Morgan fingerprint density at radius 3 is 2.83 bits per heavy atom. The summed E-state index contributed by atoms with van der Waals surface area (Å²) in [7, 11) is 0. The van der Waals surface area contributed by atoms with Crippen LogP contribution in [0.25, 0.3) is 0 Å². The number of hydrogen-bond acceptors (Lipinski definition) is 2. The first kappa shape index (κ1) is 20.6. The number of fused-ring (bicyclic) bond motifs is 7. The van der Waals surface area contributed by atoms with Crippen LogP contribution in [0.3, 0.4) is 0 Å². The summed E-state index contributed by atoms with van der Waals surface area (Å²) in [6, 6.07) is 0. The highest BCUT2D eigenvalue weighted by atomic mass is 16.5. The number of rotatable bonds is 4. The molecule has 3 saturated carbocycles. The van der Waals surface area contributed by atoms with E-state index in [9.17, 15) is 5.11 Å². The first-order valence-corrected chi connectivity index (χ1v) is 12.8. The van der Waals surface area contributed by atoms with E-state index in [1.807, 2.05) is 5.57 Å². The van der Waals surface area contributed by atoms with Gasteiger partial charge in [0.15, 0.2) is 0 Å². The van der Waals surface area contributed by atoms with Crippen LogP contribution in [0.15, 0.2) is 11.6 Å². The maximum Gasteiger partial charge on any atom is 0.0618 e. The van der Waals surface area contributed by atoms with Crippen molar-refractivity contribution in [3.05, 3.63) is 11.6 Å². The van der Waals surface area contributed by atoms with E-state index in [4.69, 9.17) is 4.74 Å². The average molecular weight is 401 g/mol. The van der Waals surface area contributed by atoms with Crippen LogP contribution in [-0.4, -0.2) is 23.9 Å². The van der Waals surface area contributed by atoms with Crippen LogP contribution in [0.2, 0.25) is 0 Å². The molecule has 4 aliphatic carbocycles. The van der Waals surface area contributed by atoms with E-state index < -0.39 is 0 Å². The lowest BCUT2D eigenvalue weighted by molar-refractivity contribution is -0.0521. The van der Waals surface area contributed by atoms with Gasteiger partial charge in [-0.3, -0.25) is 0 Å². The summed E-state index contributed by atoms with van der Waals surface area (Å²) in [6.07, 6.45) is 17.1. The van der Waals surface area contributed by atoms with Crippen LogP contribution >= 0.6 is 0 Å². The van der Waals surface area contributed by atoms with Gasteiger partial charge in [-0.25, -0.2) is 0 Å². The van der Waals surface area contributed by atoms with E-state index in [0.717, 1.165) is 36.5 Å². The second-order valence-corrected chi connectivity index (χ2v) is 12.2. The van der Waals surface area contributed by atoms with Gasteiger partial charge in [0.2, 0.25) is 0 Å². The van der Waals surface area contributed by atoms with Crippen LogP contribution in [0.5, 0.6) is 0 Å². The molecule has 1 heterocycles. The number of allylic oxidation sites excluding steroid dienone is 2. The Balaban J connectivity index is 1.35. The van der Waals surface area contributed by atoms with Crippen molar-refractivity contribution in [1.29, 1.82) is 0 Å². The lowest BCUT2D eigenvalue weighted by atomic mass is 9.47. The lowest BCUT2D eigenvalue weighted by Gasteiger charge is -2.58. The molecule has 1 N–H and O–H groups in total. The molecule has 4 fully saturated rings. The molecule has 1 saturated heterocycles. The first-order valence-electron chi connectivity index (χ1n) is 12.8. The largest absolute Gasteiger partial charge is 0.396 e. The van der Waals surface area contributed by atoms with Crippen LogP contribution < -0.4 is 0 Å². The minimum atomic E-state index is 0.311. The normalized spacial score (nSPS) is 52.2. The van der Waals surface area contributed by atoms with Gasteiger partial charge in [0.1, 0.15) is 0 Å². The van der Waals surface area contributed by atoms with E-state index in [0.29, 0.717) is 41.5 Å². The van der Waals surface area contributed by atoms with Gasteiger partial charge in [0.05, 0.1) is 12.2 Å². The van der Waals surface area contributed by atoms with E-state index >= 15 is 0 Å². The third-order valence-electron chi connectivity index (χ3n) is 10.9. The van der Waals surface area contributed by atoms with E-state index in [2.05, 4.69) is 33.8 Å². The van der Waals surface area contributed by atoms with E-state index in [1.54, 1.807) is 0 Å². The zero-order chi connectivity index (χ0) is 20.4. The molecule has 2 nitrogen and oxygen atoms in total. The number of hydrogen-bond donors (Lipinski definition) is 1. The third kappa shape index (κ3) is 3.02. The van der Waals surface area contributed by atoms with Crippen LogP contribution in [0, 0.1) is 46.3 Å². The quantitative estimate of drug-likeness (QED) is 0.555. The molecule has 10 atom stereocenters. The molecule has 2 heteroatoms. The highest BCUT2D eigenvalue weighted by Gasteiger charge is 2.64. The van der Waals surface area contributed by atoms with Crippen molar-refractivity contribution >= 4 is 0 Å². The highest BCUT2D eigenvalue weighted by molar-refractivity contribution is 5.25. The van der Waals surface area contributed by atoms with Crippen molar-refractivity contribution in [1.82, 2.24) is 0 Å². The van der Waals surface area contributed by atoms with Crippen molar-refractivity contribution in [3.8, 4) is 0 Å². The molecule has 0 aromatic heterocycles. The molecule has 5 aliphatic rings. The van der Waals surface area contributed by atoms with Gasteiger partial charge in [-0.05, 0) is 104 Å². The summed E-state index contributed by atoms with van der Waals surface area (Å²) in [5.74, 6) is 4.54. The molecule has 0 unspecified atom stereocenters. The SMILES string of the molecule is C[C@@H](CO)CC[C@H]1O[C@H]2C[C@H]3[C@@H]4CC=C5CCCC[C@]5(C)[C@H]4CC[C@]3(C)[C@H]2[C@@H]1C. The van der Waals surface area contributed by atoms with Gasteiger partial charge < -0.3 is 9.84 Å². The smallest absolute Gasteiger partial charge is 0.0618 e. The Kier molecular flexibility index (Phi) is 5.22. The lowest BCUT2D eigenvalue weighted by Crippen LogP contribution is -2.50. The molecule has 0 bridgehead atoms. The summed E-state index contributed by atoms with van der Waals surface area (Å²) in [5.41, 5.74) is 2.82. The topological polar surface area (TPSA) is 29.5 Å². The molecule has 0 aromatic carbocycles. The third-order valence-corrected chi connectivity index (χ3v) is 10.9. The molecule has 0 aromatic rings. The zero-order valence-electron chi connectivity index (χ0n) is 19.3. The standard InChI is InChI=1S/C27H44O2/c1-17(16-28)8-11-23-18(2)25-24(29-23)15-22-20-10-9-19-7-5-6-13-26(19,3)21(20)12-14-27(22,25)4/h9,17-18,20-25,28H,5-8,10-16H2,1-4H3/t17-,18-,20-,21+,22+,23-,24+,25+,26+,27+/m1/s1. The predicted molar refractivity (Wildman–Crippen MR) is 119 cm³/mol. The molecule has 29 heavy (non-hydrogen) atoms. The molecule has 0 amide bonds. The van der Waals surface area contributed by atoms with Crippen molar-refractivity contribution in [2.75, 3.05) is 6.61 Å². The summed E-state index contributed by atoms with van der Waals surface area (Å²) >= 11 is 0. The van der Waals surface area contributed by atoms with Crippen LogP contribution in [0.1, 0.15) is 91.9 Å². The molecular formula is C27H44O2. The second kappa shape index (κ2) is 7.37. The predicted octanol–water partition coefficient (Wildman–Crippen LogP) is 6.38. The van der Waals surface area contributed by atoms with Gasteiger partial charge in [-0.2, -0.15) is 0 Å². The number of aliphatic hydroxyl groups excluding tert-OH is 1. The fraction of sp³-hybridized carbons (Fsp3) is 0.926. The fourth-order valence-corrected chi connectivity index (χ4v) is 9.26. The van der Waals surface area contributed by atoms with Gasteiger partial charge >= 0.3 is 0 Å². The van der Waals surface area contributed by atoms with Crippen LogP contribution in [-0.2, 0) is 4.74 Å². The molecule has 0 spiro atoms. The Bertz CT molecular complexity index is 655. The van der Waals surface area contributed by atoms with Gasteiger partial charge in [-0.1, -0.05) is 45.8 Å². The van der Waals surface area contributed by atoms with Crippen molar-refractivity contribution in [2.24, 2.45) is 46.3 Å². The molecule has 0 radical (unpaired) electrons. The summed E-state index contributed by atoms with van der Waals surface area (Å²) in [4.78, 5) is 0. The Hall–Kier alpha value is -0.340. The highest BCUT2D eigenvalue weighted by Crippen LogP contribution is 2.69. The molecule has 164 valence electrons. The fourth-order valence-electron chi connectivity index (χ4n) is 9.26. The Labute approximate surface area is 178 Å².